The lowest BCUT2D eigenvalue weighted by Crippen LogP contribution is -2.24. The molecule has 2 heteroatoms. The molecule has 17 heavy (non-hydrogen) atoms. The van der Waals surface area contributed by atoms with Crippen LogP contribution >= 0.6 is 0 Å². The van der Waals surface area contributed by atoms with Crippen LogP contribution < -0.4 is 0 Å². The van der Waals surface area contributed by atoms with E-state index < -0.39 is 12.2 Å². The molecule has 0 aromatic heterocycles. The molecule has 0 aliphatic carbocycles. The van der Waals surface area contributed by atoms with Crippen molar-refractivity contribution in [2.45, 2.75) is 59.2 Å². The van der Waals surface area contributed by atoms with E-state index in [-0.39, 0.29) is 5.92 Å². The van der Waals surface area contributed by atoms with Crippen molar-refractivity contribution < 1.29 is 10.2 Å². The van der Waals surface area contributed by atoms with E-state index in [9.17, 15) is 10.2 Å². The predicted molar refractivity (Wildman–Crippen MR) is 71.4 cm³/mol. The van der Waals surface area contributed by atoms with Crippen LogP contribution in [0.1, 0.15) is 48.4 Å². The van der Waals surface area contributed by atoms with E-state index in [1.165, 1.54) is 22.3 Å². The van der Waals surface area contributed by atoms with Crippen LogP contribution in [-0.4, -0.2) is 22.4 Å². The van der Waals surface area contributed by atoms with Crippen LogP contribution in [0.4, 0.5) is 0 Å². The minimum atomic E-state index is -0.663. The second-order valence-electron chi connectivity index (χ2n) is 5.26. The molecule has 96 valence electrons. The average Bonchev–Trinajstić information content (AvgIpc) is 2.15. The van der Waals surface area contributed by atoms with E-state index in [1.807, 2.05) is 0 Å². The van der Waals surface area contributed by atoms with Crippen LogP contribution in [0.15, 0.2) is 12.1 Å². The first kappa shape index (κ1) is 14.2. The van der Waals surface area contributed by atoms with Crippen molar-refractivity contribution in [3.63, 3.8) is 0 Å². The zero-order valence-electron chi connectivity index (χ0n) is 11.5. The summed E-state index contributed by atoms with van der Waals surface area (Å²) in [5, 5.41) is 19.1. The summed E-state index contributed by atoms with van der Waals surface area (Å²) in [5.41, 5.74) is 5.11. The van der Waals surface area contributed by atoms with Crippen LogP contribution in [-0.2, 0) is 0 Å². The predicted octanol–water partition coefficient (Wildman–Crippen LogP) is 2.85. The maximum Gasteiger partial charge on any atom is 0.0802 e. The summed E-state index contributed by atoms with van der Waals surface area (Å²) in [6.45, 7) is 10.1. The number of benzene rings is 1. The number of rotatable bonds is 4. The molecule has 0 heterocycles. The maximum absolute atomic E-state index is 9.74. The molecule has 0 amide bonds. The highest BCUT2D eigenvalue weighted by atomic mass is 16.3. The zero-order chi connectivity index (χ0) is 13.2. The second-order valence-corrected chi connectivity index (χ2v) is 5.26. The number of aliphatic hydroxyl groups is 2. The van der Waals surface area contributed by atoms with Gasteiger partial charge in [-0.25, -0.2) is 0 Å². The molecular formula is C15H24O2. The number of aryl methyl sites for hydroxylation is 3. The highest BCUT2D eigenvalue weighted by molar-refractivity contribution is 5.39. The Bertz CT molecular complexity index is 360. The minimum absolute atomic E-state index is 0.264. The van der Waals surface area contributed by atoms with E-state index in [1.54, 1.807) is 6.92 Å². The van der Waals surface area contributed by atoms with Gasteiger partial charge in [0.15, 0.2) is 0 Å². The van der Waals surface area contributed by atoms with Gasteiger partial charge in [-0.1, -0.05) is 24.6 Å². The van der Waals surface area contributed by atoms with Crippen LogP contribution in [0, 0.1) is 20.8 Å². The molecule has 0 saturated carbocycles. The molecule has 2 N–H and O–H groups in total. The van der Waals surface area contributed by atoms with Gasteiger partial charge in [-0.2, -0.15) is 0 Å². The van der Waals surface area contributed by atoms with Crippen LogP contribution in [0.25, 0.3) is 0 Å². The summed E-state index contributed by atoms with van der Waals surface area (Å²) in [5.74, 6) is 0.264. The van der Waals surface area contributed by atoms with Gasteiger partial charge in [0.2, 0.25) is 0 Å². The van der Waals surface area contributed by atoms with Gasteiger partial charge in [-0.05, 0) is 56.7 Å². The quantitative estimate of drug-likeness (QED) is 0.844. The average molecular weight is 236 g/mol. The van der Waals surface area contributed by atoms with Gasteiger partial charge in [0, 0.05) is 0 Å². The van der Waals surface area contributed by atoms with Crippen molar-refractivity contribution in [3.8, 4) is 0 Å². The van der Waals surface area contributed by atoms with E-state index in [0.29, 0.717) is 6.42 Å². The molecule has 1 rings (SSSR count). The van der Waals surface area contributed by atoms with E-state index in [0.717, 1.165) is 0 Å². The fourth-order valence-electron chi connectivity index (χ4n) is 2.65. The Morgan fingerprint density at radius 1 is 1.00 bits per heavy atom. The molecule has 0 spiro atoms. The Kier molecular flexibility index (Phi) is 4.72. The molecule has 0 saturated heterocycles. The van der Waals surface area contributed by atoms with Gasteiger partial charge in [-0.15, -0.1) is 0 Å². The molecule has 0 bridgehead atoms. The van der Waals surface area contributed by atoms with Crippen molar-refractivity contribution in [1.29, 1.82) is 0 Å². The fourth-order valence-corrected chi connectivity index (χ4v) is 2.65. The van der Waals surface area contributed by atoms with E-state index >= 15 is 0 Å². The fraction of sp³-hybridized carbons (Fsp3) is 0.600. The van der Waals surface area contributed by atoms with Gasteiger partial charge < -0.3 is 10.2 Å². The van der Waals surface area contributed by atoms with Gasteiger partial charge in [0.1, 0.15) is 0 Å². The molecule has 3 unspecified atom stereocenters. The smallest absolute Gasteiger partial charge is 0.0802 e. The summed E-state index contributed by atoms with van der Waals surface area (Å²) in [4.78, 5) is 0. The summed E-state index contributed by atoms with van der Waals surface area (Å²) < 4.78 is 0. The number of aliphatic hydroxyl groups excluding tert-OH is 2. The molecule has 0 aliphatic rings. The standard InChI is InChI=1S/C15H24O2/c1-9-6-10(2)15(11(3)7-9)12(4)8-14(17)13(5)16/h6-7,12-14,16-17H,8H2,1-5H3. The maximum atomic E-state index is 9.74. The number of hydrogen-bond donors (Lipinski definition) is 2. The summed E-state index contributed by atoms with van der Waals surface area (Å²) in [6.07, 6.45) is -0.712. The van der Waals surface area contributed by atoms with Crippen molar-refractivity contribution in [3.05, 3.63) is 34.4 Å². The topological polar surface area (TPSA) is 40.5 Å². The van der Waals surface area contributed by atoms with Crippen molar-refractivity contribution in [2.24, 2.45) is 0 Å². The van der Waals surface area contributed by atoms with Crippen LogP contribution in [0.3, 0.4) is 0 Å². The monoisotopic (exact) mass is 236 g/mol. The third-order valence-corrected chi connectivity index (χ3v) is 3.38. The molecule has 0 radical (unpaired) electrons. The van der Waals surface area contributed by atoms with Crippen molar-refractivity contribution >= 4 is 0 Å². The molecule has 1 aromatic rings. The van der Waals surface area contributed by atoms with Crippen LogP contribution in [0.2, 0.25) is 0 Å². The van der Waals surface area contributed by atoms with E-state index in [4.69, 9.17) is 0 Å². The Morgan fingerprint density at radius 3 is 1.88 bits per heavy atom. The molecule has 3 atom stereocenters. The van der Waals surface area contributed by atoms with Gasteiger partial charge in [-0.3, -0.25) is 0 Å². The first-order chi connectivity index (χ1) is 7.82. The lowest BCUT2D eigenvalue weighted by Gasteiger charge is -2.22. The van der Waals surface area contributed by atoms with Crippen LogP contribution in [0.5, 0.6) is 0 Å². The highest BCUT2D eigenvalue weighted by Crippen LogP contribution is 2.28. The third-order valence-electron chi connectivity index (χ3n) is 3.38. The van der Waals surface area contributed by atoms with Crippen molar-refractivity contribution in [2.75, 3.05) is 0 Å². The SMILES string of the molecule is Cc1cc(C)c(C(C)CC(O)C(C)O)c(C)c1. The second kappa shape index (κ2) is 5.65. The molecular weight excluding hydrogens is 212 g/mol. The molecule has 0 fully saturated rings. The number of hydrogen-bond acceptors (Lipinski definition) is 2. The summed E-state index contributed by atoms with van der Waals surface area (Å²) in [6, 6.07) is 4.35. The largest absolute Gasteiger partial charge is 0.391 e. The summed E-state index contributed by atoms with van der Waals surface area (Å²) in [7, 11) is 0. The Balaban J connectivity index is 2.93. The highest BCUT2D eigenvalue weighted by Gasteiger charge is 2.19. The molecule has 2 nitrogen and oxygen atoms in total. The first-order valence-corrected chi connectivity index (χ1v) is 6.26. The Morgan fingerprint density at radius 2 is 1.47 bits per heavy atom. The van der Waals surface area contributed by atoms with E-state index in [2.05, 4.69) is 39.8 Å². The van der Waals surface area contributed by atoms with Gasteiger partial charge in [0.25, 0.3) is 0 Å². The lowest BCUT2D eigenvalue weighted by atomic mass is 9.86. The Hall–Kier alpha value is -0.860. The first-order valence-electron chi connectivity index (χ1n) is 6.26. The molecule has 0 aliphatic heterocycles. The Labute approximate surface area is 104 Å². The van der Waals surface area contributed by atoms with Crippen molar-refractivity contribution in [1.82, 2.24) is 0 Å². The van der Waals surface area contributed by atoms with Gasteiger partial charge in [0.05, 0.1) is 12.2 Å². The summed E-state index contributed by atoms with van der Waals surface area (Å²) >= 11 is 0. The van der Waals surface area contributed by atoms with Gasteiger partial charge >= 0.3 is 0 Å². The minimum Gasteiger partial charge on any atom is -0.391 e. The molecule has 1 aromatic carbocycles. The zero-order valence-corrected chi connectivity index (χ0v) is 11.5. The third kappa shape index (κ3) is 3.55. The normalized spacial score (nSPS) is 16.6. The lowest BCUT2D eigenvalue weighted by molar-refractivity contribution is 0.0226.